The van der Waals surface area contributed by atoms with Crippen LogP contribution >= 0.6 is 0 Å². The van der Waals surface area contributed by atoms with Gasteiger partial charge in [-0.25, -0.2) is 0 Å². The molecule has 2 heteroatoms. The van der Waals surface area contributed by atoms with Gasteiger partial charge in [-0.3, -0.25) is 0 Å². The molecule has 0 saturated heterocycles. The molecular formula is C15H32N2. The summed E-state index contributed by atoms with van der Waals surface area (Å²) in [6, 6.07) is 0.370. The molecule has 0 bridgehead atoms. The lowest BCUT2D eigenvalue weighted by atomic mass is 9.99. The van der Waals surface area contributed by atoms with Gasteiger partial charge >= 0.3 is 0 Å². The fourth-order valence-corrected chi connectivity index (χ4v) is 2.70. The highest BCUT2D eigenvalue weighted by atomic mass is 14.9. The molecule has 1 rings (SSSR count). The highest BCUT2D eigenvalue weighted by Crippen LogP contribution is 2.48. The molecule has 17 heavy (non-hydrogen) atoms. The van der Waals surface area contributed by atoms with Crippen LogP contribution in [0.25, 0.3) is 0 Å². The van der Waals surface area contributed by atoms with Crippen molar-refractivity contribution in [1.82, 2.24) is 5.32 Å². The predicted octanol–water partition coefficient (Wildman–Crippen LogP) is 3.31. The SMILES string of the molecule is CCCC1(CNCC(C)CCCC(C)N)CC1. The van der Waals surface area contributed by atoms with Gasteiger partial charge in [0.15, 0.2) is 0 Å². The molecule has 0 amide bonds. The number of hydrogen-bond donors (Lipinski definition) is 2. The Kier molecular flexibility index (Phi) is 6.50. The van der Waals surface area contributed by atoms with E-state index >= 15 is 0 Å². The van der Waals surface area contributed by atoms with E-state index < -0.39 is 0 Å². The third-order valence-corrected chi connectivity index (χ3v) is 4.09. The molecule has 2 unspecified atom stereocenters. The van der Waals surface area contributed by atoms with Gasteiger partial charge in [0.25, 0.3) is 0 Å². The molecule has 0 spiro atoms. The lowest BCUT2D eigenvalue weighted by Gasteiger charge is -2.18. The van der Waals surface area contributed by atoms with Crippen molar-refractivity contribution >= 4 is 0 Å². The molecule has 102 valence electrons. The summed E-state index contributed by atoms with van der Waals surface area (Å²) in [6.45, 7) is 9.19. The van der Waals surface area contributed by atoms with Crippen LogP contribution in [0.1, 0.15) is 65.7 Å². The molecule has 0 aromatic heterocycles. The first kappa shape index (κ1) is 15.0. The van der Waals surface area contributed by atoms with Crippen LogP contribution in [0.4, 0.5) is 0 Å². The molecular weight excluding hydrogens is 208 g/mol. The number of nitrogens with two attached hydrogens (primary N) is 1. The summed E-state index contributed by atoms with van der Waals surface area (Å²) in [5.74, 6) is 0.797. The van der Waals surface area contributed by atoms with Crippen LogP contribution in [-0.4, -0.2) is 19.1 Å². The average molecular weight is 240 g/mol. The van der Waals surface area contributed by atoms with Crippen molar-refractivity contribution in [2.45, 2.75) is 71.8 Å². The number of nitrogens with one attached hydrogen (secondary N) is 1. The van der Waals surface area contributed by atoms with E-state index in [9.17, 15) is 0 Å². The maximum atomic E-state index is 5.76. The zero-order valence-corrected chi connectivity index (χ0v) is 12.1. The fourth-order valence-electron chi connectivity index (χ4n) is 2.70. The van der Waals surface area contributed by atoms with Crippen LogP contribution in [0, 0.1) is 11.3 Å². The molecule has 1 saturated carbocycles. The maximum Gasteiger partial charge on any atom is 0.00104 e. The first-order valence-electron chi connectivity index (χ1n) is 7.54. The Bertz CT molecular complexity index is 197. The second-order valence-corrected chi connectivity index (χ2v) is 6.39. The van der Waals surface area contributed by atoms with Gasteiger partial charge in [-0.15, -0.1) is 0 Å². The van der Waals surface area contributed by atoms with Gasteiger partial charge < -0.3 is 11.1 Å². The summed E-state index contributed by atoms with van der Waals surface area (Å²) in [6.07, 6.45) is 9.42. The Hall–Kier alpha value is -0.0800. The fraction of sp³-hybridized carbons (Fsp3) is 1.00. The highest BCUT2D eigenvalue weighted by Gasteiger charge is 2.40. The lowest BCUT2D eigenvalue weighted by Crippen LogP contribution is -2.28. The largest absolute Gasteiger partial charge is 0.328 e. The lowest BCUT2D eigenvalue weighted by molar-refractivity contribution is 0.384. The molecule has 2 atom stereocenters. The summed E-state index contributed by atoms with van der Waals surface area (Å²) in [5, 5.41) is 3.68. The summed E-state index contributed by atoms with van der Waals surface area (Å²) >= 11 is 0. The molecule has 3 N–H and O–H groups in total. The van der Waals surface area contributed by atoms with E-state index in [0.29, 0.717) is 11.5 Å². The van der Waals surface area contributed by atoms with E-state index in [4.69, 9.17) is 5.73 Å². The highest BCUT2D eigenvalue weighted by molar-refractivity contribution is 4.94. The Morgan fingerprint density at radius 3 is 2.47 bits per heavy atom. The zero-order chi connectivity index (χ0) is 12.7. The smallest absolute Gasteiger partial charge is 0.00104 e. The van der Waals surface area contributed by atoms with E-state index in [1.165, 1.54) is 58.0 Å². The van der Waals surface area contributed by atoms with Crippen LogP contribution in [-0.2, 0) is 0 Å². The van der Waals surface area contributed by atoms with Gasteiger partial charge in [-0.2, -0.15) is 0 Å². The van der Waals surface area contributed by atoms with Crippen LogP contribution < -0.4 is 11.1 Å². The van der Waals surface area contributed by atoms with Crippen molar-refractivity contribution in [2.24, 2.45) is 17.1 Å². The molecule has 0 aromatic rings. The van der Waals surface area contributed by atoms with Gasteiger partial charge in [0, 0.05) is 12.6 Å². The van der Waals surface area contributed by atoms with Gasteiger partial charge in [-0.05, 0) is 56.9 Å². The zero-order valence-electron chi connectivity index (χ0n) is 12.1. The minimum atomic E-state index is 0.370. The first-order valence-corrected chi connectivity index (χ1v) is 7.54. The minimum Gasteiger partial charge on any atom is -0.328 e. The van der Waals surface area contributed by atoms with Crippen molar-refractivity contribution in [3.05, 3.63) is 0 Å². The Morgan fingerprint density at radius 1 is 1.24 bits per heavy atom. The third kappa shape index (κ3) is 6.42. The van der Waals surface area contributed by atoms with E-state index in [1.54, 1.807) is 0 Å². The van der Waals surface area contributed by atoms with E-state index in [2.05, 4.69) is 26.1 Å². The van der Waals surface area contributed by atoms with Gasteiger partial charge in [-0.1, -0.05) is 26.7 Å². The quantitative estimate of drug-likeness (QED) is 0.615. The van der Waals surface area contributed by atoms with Gasteiger partial charge in [0.2, 0.25) is 0 Å². The molecule has 0 aromatic carbocycles. The van der Waals surface area contributed by atoms with E-state index in [-0.39, 0.29) is 0 Å². The third-order valence-electron chi connectivity index (χ3n) is 4.09. The molecule has 0 radical (unpaired) electrons. The van der Waals surface area contributed by atoms with Crippen molar-refractivity contribution in [3.8, 4) is 0 Å². The normalized spacial score (nSPS) is 21.2. The molecule has 1 aliphatic rings. The Morgan fingerprint density at radius 2 is 1.94 bits per heavy atom. The van der Waals surface area contributed by atoms with E-state index in [0.717, 1.165) is 5.92 Å². The number of rotatable bonds is 10. The molecule has 1 aliphatic carbocycles. The average Bonchev–Trinajstić information content (AvgIpc) is 2.98. The summed E-state index contributed by atoms with van der Waals surface area (Å²) < 4.78 is 0. The molecule has 1 fully saturated rings. The monoisotopic (exact) mass is 240 g/mol. The second-order valence-electron chi connectivity index (χ2n) is 6.39. The van der Waals surface area contributed by atoms with Gasteiger partial charge in [0.1, 0.15) is 0 Å². The van der Waals surface area contributed by atoms with Crippen LogP contribution in [0.15, 0.2) is 0 Å². The Labute approximate surface area is 108 Å². The number of hydrogen-bond acceptors (Lipinski definition) is 2. The van der Waals surface area contributed by atoms with E-state index in [1.807, 2.05) is 0 Å². The van der Waals surface area contributed by atoms with Crippen molar-refractivity contribution in [2.75, 3.05) is 13.1 Å². The van der Waals surface area contributed by atoms with Crippen molar-refractivity contribution in [3.63, 3.8) is 0 Å². The predicted molar refractivity (Wildman–Crippen MR) is 76.1 cm³/mol. The van der Waals surface area contributed by atoms with Crippen LogP contribution in [0.2, 0.25) is 0 Å². The molecule has 0 aliphatic heterocycles. The summed E-state index contributed by atoms with van der Waals surface area (Å²) in [5.41, 5.74) is 6.46. The summed E-state index contributed by atoms with van der Waals surface area (Å²) in [7, 11) is 0. The maximum absolute atomic E-state index is 5.76. The second kappa shape index (κ2) is 7.38. The summed E-state index contributed by atoms with van der Waals surface area (Å²) in [4.78, 5) is 0. The van der Waals surface area contributed by atoms with Crippen LogP contribution in [0.5, 0.6) is 0 Å². The van der Waals surface area contributed by atoms with Crippen LogP contribution in [0.3, 0.4) is 0 Å². The van der Waals surface area contributed by atoms with Crippen molar-refractivity contribution < 1.29 is 0 Å². The topological polar surface area (TPSA) is 38.0 Å². The van der Waals surface area contributed by atoms with Crippen molar-refractivity contribution in [1.29, 1.82) is 0 Å². The standard InChI is InChI=1S/C15H32N2/c1-4-8-15(9-10-15)12-17-11-13(2)6-5-7-14(3)16/h13-14,17H,4-12,16H2,1-3H3. The minimum absolute atomic E-state index is 0.370. The molecule has 0 heterocycles. The van der Waals surface area contributed by atoms with Gasteiger partial charge in [0.05, 0.1) is 0 Å². The Balaban J connectivity index is 1.98. The molecule has 2 nitrogen and oxygen atoms in total. The first-order chi connectivity index (χ1) is 8.08.